The third-order valence-electron chi connectivity index (χ3n) is 4.99. The highest BCUT2D eigenvalue weighted by Gasteiger charge is 2.35. The first kappa shape index (κ1) is 17.0. The van der Waals surface area contributed by atoms with Gasteiger partial charge in [-0.15, -0.1) is 10.2 Å². The molecule has 1 aromatic carbocycles. The van der Waals surface area contributed by atoms with Crippen molar-refractivity contribution in [2.24, 2.45) is 5.92 Å². The van der Waals surface area contributed by atoms with Crippen molar-refractivity contribution in [1.29, 1.82) is 0 Å². The van der Waals surface area contributed by atoms with Crippen LogP contribution in [0.15, 0.2) is 24.3 Å². The predicted octanol–water partition coefficient (Wildman–Crippen LogP) is 2.81. The van der Waals surface area contributed by atoms with Crippen molar-refractivity contribution >= 4 is 34.0 Å². The number of carbonyl (C=O) groups is 2. The number of anilines is 2. The van der Waals surface area contributed by atoms with E-state index in [1.165, 1.54) is 17.8 Å². The second-order valence-electron chi connectivity index (χ2n) is 6.67. The van der Waals surface area contributed by atoms with Crippen molar-refractivity contribution in [3.8, 4) is 5.75 Å². The number of rotatable bonds is 5. The van der Waals surface area contributed by atoms with E-state index in [9.17, 15) is 9.59 Å². The maximum atomic E-state index is 12.5. The van der Waals surface area contributed by atoms with Crippen LogP contribution in [-0.4, -0.2) is 35.7 Å². The lowest BCUT2D eigenvalue weighted by molar-refractivity contribution is -0.122. The van der Waals surface area contributed by atoms with Gasteiger partial charge in [0, 0.05) is 30.6 Å². The van der Waals surface area contributed by atoms with Gasteiger partial charge in [0.15, 0.2) is 0 Å². The number of hydrogen-bond acceptors (Lipinski definition) is 6. The standard InChI is InChI=1S/C18H20N4O3S/c1-25-14-7-3-6-13(9-14)22-10-12(8-15(22)23)16(24)19-18-21-20-17(26-18)11-4-2-5-11/h3,6-7,9,11-12H,2,4-5,8,10H2,1H3,(H,19,21,24)/t12-/m1/s1. The number of carbonyl (C=O) groups excluding carboxylic acids is 2. The first-order valence-corrected chi connectivity index (χ1v) is 9.54. The van der Waals surface area contributed by atoms with Gasteiger partial charge >= 0.3 is 0 Å². The Bertz CT molecular complexity index is 833. The second-order valence-corrected chi connectivity index (χ2v) is 7.68. The molecule has 0 bridgehead atoms. The van der Waals surface area contributed by atoms with Crippen molar-refractivity contribution in [2.75, 3.05) is 23.9 Å². The monoisotopic (exact) mass is 372 g/mol. The quantitative estimate of drug-likeness (QED) is 0.872. The molecule has 2 aliphatic rings. The third-order valence-corrected chi connectivity index (χ3v) is 5.99. The van der Waals surface area contributed by atoms with Crippen LogP contribution in [0.25, 0.3) is 0 Å². The molecule has 0 unspecified atom stereocenters. The highest BCUT2D eigenvalue weighted by atomic mass is 32.1. The summed E-state index contributed by atoms with van der Waals surface area (Å²) < 4.78 is 5.21. The van der Waals surface area contributed by atoms with Gasteiger partial charge in [0.05, 0.1) is 13.0 Å². The van der Waals surface area contributed by atoms with Crippen LogP contribution in [0, 0.1) is 5.92 Å². The summed E-state index contributed by atoms with van der Waals surface area (Å²) in [5.74, 6) is 0.533. The Morgan fingerprint density at radius 3 is 2.92 bits per heavy atom. The number of methoxy groups -OCH3 is 1. The zero-order valence-electron chi connectivity index (χ0n) is 14.5. The smallest absolute Gasteiger partial charge is 0.231 e. The van der Waals surface area contributed by atoms with Crippen LogP contribution in [0.5, 0.6) is 5.75 Å². The molecular weight excluding hydrogens is 352 g/mol. The van der Waals surface area contributed by atoms with Crippen molar-refractivity contribution in [2.45, 2.75) is 31.6 Å². The minimum Gasteiger partial charge on any atom is -0.497 e. The fourth-order valence-corrected chi connectivity index (χ4v) is 4.14. The zero-order valence-corrected chi connectivity index (χ0v) is 15.3. The fraction of sp³-hybridized carbons (Fsp3) is 0.444. The molecular formula is C18H20N4O3S. The summed E-state index contributed by atoms with van der Waals surface area (Å²) in [6, 6.07) is 7.30. The number of nitrogens with zero attached hydrogens (tertiary/aromatic N) is 3. The van der Waals surface area contributed by atoms with Gasteiger partial charge in [-0.2, -0.15) is 0 Å². The first-order chi connectivity index (χ1) is 12.6. The predicted molar refractivity (Wildman–Crippen MR) is 98.6 cm³/mol. The number of hydrogen-bond donors (Lipinski definition) is 1. The van der Waals surface area contributed by atoms with Crippen molar-refractivity contribution in [3.63, 3.8) is 0 Å². The molecule has 8 heteroatoms. The Morgan fingerprint density at radius 1 is 1.35 bits per heavy atom. The summed E-state index contributed by atoms with van der Waals surface area (Å²) in [6.45, 7) is 0.353. The second kappa shape index (κ2) is 7.03. The normalized spacial score (nSPS) is 20.1. The van der Waals surface area contributed by atoms with Crippen LogP contribution in [-0.2, 0) is 9.59 Å². The Hall–Kier alpha value is -2.48. The topological polar surface area (TPSA) is 84.4 Å². The molecule has 136 valence electrons. The molecule has 0 radical (unpaired) electrons. The van der Waals surface area contributed by atoms with Gasteiger partial charge in [-0.25, -0.2) is 0 Å². The van der Waals surface area contributed by atoms with Gasteiger partial charge in [0.2, 0.25) is 16.9 Å². The molecule has 2 fully saturated rings. The van der Waals surface area contributed by atoms with Crippen LogP contribution in [0.4, 0.5) is 10.8 Å². The molecule has 0 spiro atoms. The van der Waals surface area contributed by atoms with E-state index in [0.717, 1.165) is 23.5 Å². The first-order valence-electron chi connectivity index (χ1n) is 8.72. The average Bonchev–Trinajstić information content (AvgIpc) is 3.20. The molecule has 4 rings (SSSR count). The maximum Gasteiger partial charge on any atom is 0.231 e. The molecule has 2 aromatic rings. The van der Waals surface area contributed by atoms with Crippen LogP contribution in [0.3, 0.4) is 0 Å². The van der Waals surface area contributed by atoms with Gasteiger partial charge in [-0.3, -0.25) is 9.59 Å². The molecule has 1 aliphatic carbocycles. The van der Waals surface area contributed by atoms with Crippen LogP contribution >= 0.6 is 11.3 Å². The summed E-state index contributed by atoms with van der Waals surface area (Å²) in [7, 11) is 1.58. The average molecular weight is 372 g/mol. The molecule has 1 saturated heterocycles. The van der Waals surface area contributed by atoms with Gasteiger partial charge in [0.25, 0.3) is 0 Å². The number of benzene rings is 1. The summed E-state index contributed by atoms with van der Waals surface area (Å²) in [5, 5.41) is 12.6. The van der Waals surface area contributed by atoms with Gasteiger partial charge in [0.1, 0.15) is 10.8 Å². The van der Waals surface area contributed by atoms with Crippen molar-refractivity contribution in [1.82, 2.24) is 10.2 Å². The highest BCUT2D eigenvalue weighted by molar-refractivity contribution is 7.15. The van der Waals surface area contributed by atoms with E-state index in [4.69, 9.17) is 4.74 Å². The third kappa shape index (κ3) is 3.29. The molecule has 1 N–H and O–H groups in total. The van der Waals surface area contributed by atoms with Crippen molar-refractivity contribution < 1.29 is 14.3 Å². The molecule has 26 heavy (non-hydrogen) atoms. The van der Waals surface area contributed by atoms with E-state index < -0.39 is 5.92 Å². The van der Waals surface area contributed by atoms with Gasteiger partial charge in [-0.05, 0) is 25.0 Å². The Balaban J connectivity index is 1.41. The van der Waals surface area contributed by atoms with Crippen LogP contribution < -0.4 is 15.0 Å². The van der Waals surface area contributed by atoms with E-state index >= 15 is 0 Å². The molecule has 7 nitrogen and oxygen atoms in total. The van der Waals surface area contributed by atoms with Gasteiger partial charge in [-0.1, -0.05) is 23.8 Å². The van der Waals surface area contributed by atoms with E-state index in [1.807, 2.05) is 18.2 Å². The minimum absolute atomic E-state index is 0.0641. The number of amides is 2. The number of nitrogens with one attached hydrogen (secondary N) is 1. The van der Waals surface area contributed by atoms with E-state index in [0.29, 0.717) is 23.3 Å². The fourth-order valence-electron chi connectivity index (χ4n) is 3.22. The highest BCUT2D eigenvalue weighted by Crippen LogP contribution is 2.38. The number of aromatic nitrogens is 2. The number of ether oxygens (including phenoxy) is 1. The molecule has 1 aliphatic heterocycles. The SMILES string of the molecule is COc1cccc(N2C[C@H](C(=O)Nc3nnc(C4CCC4)s3)CC2=O)c1. The summed E-state index contributed by atoms with van der Waals surface area (Å²) in [6.07, 6.45) is 3.72. The van der Waals surface area contributed by atoms with E-state index in [2.05, 4.69) is 15.5 Å². The largest absolute Gasteiger partial charge is 0.497 e. The van der Waals surface area contributed by atoms with E-state index in [-0.39, 0.29) is 18.2 Å². The molecule has 1 atom stereocenters. The van der Waals surface area contributed by atoms with Crippen molar-refractivity contribution in [3.05, 3.63) is 29.3 Å². The molecule has 1 aromatic heterocycles. The van der Waals surface area contributed by atoms with Crippen LogP contribution in [0.2, 0.25) is 0 Å². The molecule has 1 saturated carbocycles. The van der Waals surface area contributed by atoms with E-state index in [1.54, 1.807) is 18.1 Å². The Labute approximate surface area is 155 Å². The Kier molecular flexibility index (Phi) is 4.58. The lowest BCUT2D eigenvalue weighted by Gasteiger charge is -2.21. The van der Waals surface area contributed by atoms with Crippen LogP contribution in [0.1, 0.15) is 36.6 Å². The Morgan fingerprint density at radius 2 is 2.19 bits per heavy atom. The summed E-state index contributed by atoms with van der Waals surface area (Å²) in [4.78, 5) is 26.5. The lowest BCUT2D eigenvalue weighted by Crippen LogP contribution is -2.28. The summed E-state index contributed by atoms with van der Waals surface area (Å²) >= 11 is 1.44. The molecule has 2 heterocycles. The minimum atomic E-state index is -0.398. The summed E-state index contributed by atoms with van der Waals surface area (Å²) in [5.41, 5.74) is 0.743. The maximum absolute atomic E-state index is 12.5. The lowest BCUT2D eigenvalue weighted by atomic mass is 9.86. The zero-order chi connectivity index (χ0) is 18.1. The van der Waals surface area contributed by atoms with Gasteiger partial charge < -0.3 is 15.0 Å². The molecule has 2 amide bonds.